The quantitative estimate of drug-likeness (QED) is 0.171. The van der Waals surface area contributed by atoms with E-state index in [0.717, 1.165) is 5.56 Å². The molecule has 0 saturated carbocycles. The number of ether oxygens (including phenoxy) is 6. The normalized spacial score (nSPS) is 13.8. The summed E-state index contributed by atoms with van der Waals surface area (Å²) in [5.41, 5.74) is 2.63. The first-order chi connectivity index (χ1) is 24.6. The molecule has 51 heavy (non-hydrogen) atoms. The Morgan fingerprint density at radius 1 is 1.02 bits per heavy atom. The van der Waals surface area contributed by atoms with E-state index in [4.69, 9.17) is 23.7 Å². The van der Waals surface area contributed by atoms with Gasteiger partial charge in [0, 0.05) is 5.56 Å². The molecule has 0 unspecified atom stereocenters. The van der Waals surface area contributed by atoms with Crippen LogP contribution in [0, 0.1) is 11.3 Å². The molecule has 12 nitrogen and oxygen atoms in total. The number of nitrogens with zero attached hydrogens (tertiary/aromatic N) is 3. The molecule has 3 aromatic carbocycles. The summed E-state index contributed by atoms with van der Waals surface area (Å²) in [5.74, 6) is 0.276. The number of esters is 2. The standard InChI is InChI=1S/C37H34BrN3O9S/c1-6-47-28-17-23(12-13-27(28)49-20-31(42)46-5)33-32(36(44)48-7-2)21(3)40-37-41(33)35(43)30(51-37)16-22-14-26(38)34(29(15-22)45-4)50-19-25-11-9-8-10-24(25)18-39/h8-17,33H,6-7,19-20H2,1-5H3/b30-16-/t33-/m0/s1. The zero-order valence-corrected chi connectivity index (χ0v) is 30.9. The Morgan fingerprint density at radius 3 is 2.51 bits per heavy atom. The van der Waals surface area contributed by atoms with Crippen LogP contribution in [-0.4, -0.2) is 50.5 Å². The van der Waals surface area contributed by atoms with Crippen molar-refractivity contribution in [2.45, 2.75) is 33.4 Å². The van der Waals surface area contributed by atoms with Crippen LogP contribution >= 0.6 is 27.3 Å². The Labute approximate surface area is 305 Å². The number of carbonyl (C=O) groups excluding carboxylic acids is 2. The fourth-order valence-electron chi connectivity index (χ4n) is 5.40. The molecule has 1 aliphatic rings. The molecule has 0 radical (unpaired) electrons. The van der Waals surface area contributed by atoms with Crippen molar-refractivity contribution in [3.8, 4) is 29.1 Å². The number of allylic oxidation sites excluding steroid dienone is 1. The van der Waals surface area contributed by atoms with Crippen molar-refractivity contribution in [1.29, 1.82) is 5.26 Å². The fourth-order valence-corrected chi connectivity index (χ4v) is 7.03. The number of methoxy groups -OCH3 is 2. The molecule has 1 aromatic heterocycles. The van der Waals surface area contributed by atoms with Gasteiger partial charge in [0.25, 0.3) is 5.56 Å². The third-order valence-corrected chi connectivity index (χ3v) is 9.30. The van der Waals surface area contributed by atoms with Gasteiger partial charge in [-0.1, -0.05) is 35.6 Å². The molecule has 14 heteroatoms. The molecule has 2 heterocycles. The van der Waals surface area contributed by atoms with Gasteiger partial charge in [0.15, 0.2) is 34.4 Å². The first-order valence-corrected chi connectivity index (χ1v) is 17.4. The molecular formula is C37H34BrN3O9S. The SMILES string of the molecule is CCOC(=O)C1=C(C)N=c2s/c(=C\c3cc(Br)c(OCc4ccccc4C#N)c(OC)c3)c(=O)n2[C@H]1c1ccc(OCC(=O)OC)c(OCC)c1. The highest BCUT2D eigenvalue weighted by Crippen LogP contribution is 2.38. The number of hydrogen-bond donors (Lipinski definition) is 0. The number of rotatable bonds is 13. The Morgan fingerprint density at radius 2 is 1.80 bits per heavy atom. The van der Waals surface area contributed by atoms with Gasteiger partial charge in [-0.15, -0.1) is 0 Å². The maximum atomic E-state index is 14.3. The van der Waals surface area contributed by atoms with Crippen LogP contribution in [0.2, 0.25) is 0 Å². The monoisotopic (exact) mass is 775 g/mol. The lowest BCUT2D eigenvalue weighted by Crippen LogP contribution is -2.40. The van der Waals surface area contributed by atoms with E-state index in [1.807, 2.05) is 12.1 Å². The van der Waals surface area contributed by atoms with E-state index in [2.05, 4.69) is 31.7 Å². The Kier molecular flexibility index (Phi) is 12.0. The van der Waals surface area contributed by atoms with E-state index in [-0.39, 0.29) is 43.3 Å². The van der Waals surface area contributed by atoms with Crippen LogP contribution in [0.4, 0.5) is 0 Å². The molecule has 1 aliphatic heterocycles. The molecule has 0 saturated heterocycles. The van der Waals surface area contributed by atoms with Crippen molar-refractivity contribution in [2.75, 3.05) is 34.0 Å². The highest BCUT2D eigenvalue weighted by Gasteiger charge is 2.34. The van der Waals surface area contributed by atoms with Gasteiger partial charge in [0.1, 0.15) is 6.61 Å². The van der Waals surface area contributed by atoms with Gasteiger partial charge in [-0.25, -0.2) is 14.6 Å². The van der Waals surface area contributed by atoms with E-state index in [0.29, 0.717) is 53.4 Å². The Hall–Kier alpha value is -5.39. The van der Waals surface area contributed by atoms with Gasteiger partial charge >= 0.3 is 11.9 Å². The highest BCUT2D eigenvalue weighted by molar-refractivity contribution is 9.10. The first-order valence-electron chi connectivity index (χ1n) is 15.8. The molecular weight excluding hydrogens is 742 g/mol. The minimum absolute atomic E-state index is 0.124. The second-order valence-corrected chi connectivity index (χ2v) is 12.8. The van der Waals surface area contributed by atoms with E-state index in [1.54, 1.807) is 69.3 Å². The van der Waals surface area contributed by atoms with Gasteiger partial charge in [0.2, 0.25) is 0 Å². The zero-order chi connectivity index (χ0) is 36.7. The molecule has 0 N–H and O–H groups in total. The number of aromatic nitrogens is 1. The molecule has 4 aromatic rings. The van der Waals surface area contributed by atoms with Crippen molar-refractivity contribution in [2.24, 2.45) is 4.99 Å². The van der Waals surface area contributed by atoms with Gasteiger partial charge in [-0.05, 0) is 84.2 Å². The van der Waals surface area contributed by atoms with Crippen molar-refractivity contribution >= 4 is 45.3 Å². The second kappa shape index (κ2) is 16.5. The Balaban J connectivity index is 1.59. The maximum Gasteiger partial charge on any atom is 0.343 e. The van der Waals surface area contributed by atoms with E-state index in [9.17, 15) is 19.6 Å². The summed E-state index contributed by atoms with van der Waals surface area (Å²) in [6.07, 6.45) is 1.71. The van der Waals surface area contributed by atoms with E-state index >= 15 is 0 Å². The van der Waals surface area contributed by atoms with Gasteiger partial charge in [-0.2, -0.15) is 5.26 Å². The van der Waals surface area contributed by atoms with Crippen LogP contribution in [-0.2, 0) is 25.7 Å². The molecule has 0 aliphatic carbocycles. The van der Waals surface area contributed by atoms with Gasteiger partial charge < -0.3 is 28.4 Å². The summed E-state index contributed by atoms with van der Waals surface area (Å²) in [6, 6.07) is 16.9. The summed E-state index contributed by atoms with van der Waals surface area (Å²) in [5, 5.41) is 9.45. The highest BCUT2D eigenvalue weighted by atomic mass is 79.9. The fraction of sp³-hybridized carbons (Fsp3) is 0.270. The van der Waals surface area contributed by atoms with Crippen LogP contribution in [0.15, 0.2) is 80.1 Å². The zero-order valence-electron chi connectivity index (χ0n) is 28.5. The summed E-state index contributed by atoms with van der Waals surface area (Å²) < 4.78 is 35.7. The largest absolute Gasteiger partial charge is 0.493 e. The van der Waals surface area contributed by atoms with E-state index < -0.39 is 18.0 Å². The molecule has 0 spiro atoms. The lowest BCUT2D eigenvalue weighted by Gasteiger charge is -2.25. The van der Waals surface area contributed by atoms with Crippen LogP contribution < -0.4 is 33.8 Å². The molecule has 264 valence electrons. The lowest BCUT2D eigenvalue weighted by molar-refractivity contribution is -0.143. The predicted octanol–water partition coefficient (Wildman–Crippen LogP) is 4.97. The van der Waals surface area contributed by atoms with Crippen LogP contribution in [0.5, 0.6) is 23.0 Å². The third kappa shape index (κ3) is 8.00. The summed E-state index contributed by atoms with van der Waals surface area (Å²) in [4.78, 5) is 44.4. The average Bonchev–Trinajstić information content (AvgIpc) is 3.43. The Bertz CT molecular complexity index is 2240. The predicted molar refractivity (Wildman–Crippen MR) is 192 cm³/mol. The second-order valence-electron chi connectivity index (χ2n) is 10.9. The van der Waals surface area contributed by atoms with Crippen molar-refractivity contribution in [1.82, 2.24) is 4.57 Å². The lowest BCUT2D eigenvalue weighted by atomic mass is 9.95. The van der Waals surface area contributed by atoms with Gasteiger partial charge in [0.05, 0.1) is 65.4 Å². The van der Waals surface area contributed by atoms with Crippen molar-refractivity contribution in [3.63, 3.8) is 0 Å². The molecule has 1 atom stereocenters. The first kappa shape index (κ1) is 36.9. The van der Waals surface area contributed by atoms with Crippen molar-refractivity contribution < 1.29 is 38.0 Å². The minimum Gasteiger partial charge on any atom is -0.493 e. The van der Waals surface area contributed by atoms with Gasteiger partial charge in [-0.3, -0.25) is 9.36 Å². The molecule has 5 rings (SSSR count). The van der Waals surface area contributed by atoms with Crippen LogP contribution in [0.25, 0.3) is 6.08 Å². The minimum atomic E-state index is -0.912. The maximum absolute atomic E-state index is 14.3. The number of fused-ring (bicyclic) bond motifs is 1. The molecule has 0 fully saturated rings. The average molecular weight is 777 g/mol. The number of carbonyl (C=O) groups is 2. The van der Waals surface area contributed by atoms with E-state index in [1.165, 1.54) is 30.1 Å². The summed E-state index contributed by atoms with van der Waals surface area (Å²) >= 11 is 4.75. The summed E-state index contributed by atoms with van der Waals surface area (Å²) in [7, 11) is 2.77. The van der Waals surface area contributed by atoms with Crippen molar-refractivity contribution in [3.05, 3.63) is 112 Å². The number of benzene rings is 3. The molecule has 0 amide bonds. The third-order valence-electron chi connectivity index (χ3n) is 7.73. The number of halogens is 1. The number of thiazole rings is 1. The van der Waals surface area contributed by atoms with Crippen LogP contribution in [0.3, 0.4) is 0 Å². The summed E-state index contributed by atoms with van der Waals surface area (Å²) in [6.45, 7) is 5.42. The molecule has 0 bridgehead atoms. The number of nitriles is 1. The number of hydrogen-bond acceptors (Lipinski definition) is 12. The smallest absolute Gasteiger partial charge is 0.343 e. The topological polar surface area (TPSA) is 148 Å². The van der Waals surface area contributed by atoms with Crippen LogP contribution in [0.1, 0.15) is 49.1 Å².